The van der Waals surface area contributed by atoms with Crippen LogP contribution in [-0.2, 0) is 6.42 Å². The maximum absolute atomic E-state index is 12.3. The molecule has 25 heavy (non-hydrogen) atoms. The molecule has 3 rings (SSSR count). The Morgan fingerprint density at radius 2 is 1.56 bits per heavy atom. The van der Waals surface area contributed by atoms with Crippen molar-refractivity contribution in [2.75, 3.05) is 11.9 Å². The molecule has 0 aliphatic heterocycles. The zero-order valence-electron chi connectivity index (χ0n) is 13.6. The molecule has 0 atom stereocenters. The maximum Gasteiger partial charge on any atom is 0.256 e. The standard InChI is InChI=1S/C21H18INO2/c22-20-9-5-4-8-19(20)21(24)23-17-10-12-18(13-11-17)25-15-14-16-6-2-1-3-7-16/h1-13H,14-15H2,(H,23,24). The van der Waals surface area contributed by atoms with Crippen molar-refractivity contribution in [1.29, 1.82) is 0 Å². The summed E-state index contributed by atoms with van der Waals surface area (Å²) >= 11 is 2.16. The summed E-state index contributed by atoms with van der Waals surface area (Å²) in [5, 5.41) is 2.91. The van der Waals surface area contributed by atoms with Gasteiger partial charge in [0.05, 0.1) is 12.2 Å². The van der Waals surface area contributed by atoms with Crippen LogP contribution < -0.4 is 10.1 Å². The number of carbonyl (C=O) groups is 1. The summed E-state index contributed by atoms with van der Waals surface area (Å²) in [6.07, 6.45) is 0.867. The van der Waals surface area contributed by atoms with Gasteiger partial charge in [-0.2, -0.15) is 0 Å². The number of amides is 1. The molecular weight excluding hydrogens is 425 g/mol. The Balaban J connectivity index is 1.53. The molecule has 3 aromatic carbocycles. The van der Waals surface area contributed by atoms with Gasteiger partial charge in [-0.3, -0.25) is 4.79 Å². The molecule has 0 aromatic heterocycles. The Morgan fingerprint density at radius 3 is 2.28 bits per heavy atom. The molecule has 0 fully saturated rings. The first-order valence-corrected chi connectivity index (χ1v) is 9.13. The van der Waals surface area contributed by atoms with E-state index in [4.69, 9.17) is 4.74 Å². The third kappa shape index (κ3) is 5.06. The van der Waals surface area contributed by atoms with Crippen LogP contribution in [0.4, 0.5) is 5.69 Å². The first-order chi connectivity index (χ1) is 12.2. The molecule has 0 aliphatic carbocycles. The van der Waals surface area contributed by atoms with E-state index in [1.54, 1.807) is 0 Å². The fraction of sp³-hybridized carbons (Fsp3) is 0.0952. The highest BCUT2D eigenvalue weighted by atomic mass is 127. The second-order valence-corrected chi connectivity index (χ2v) is 6.70. The molecule has 3 nitrogen and oxygen atoms in total. The lowest BCUT2D eigenvalue weighted by Gasteiger charge is -2.09. The Kier molecular flexibility index (Phi) is 6.06. The third-order valence-corrected chi connectivity index (χ3v) is 4.67. The largest absolute Gasteiger partial charge is 0.493 e. The Morgan fingerprint density at radius 1 is 0.880 bits per heavy atom. The topological polar surface area (TPSA) is 38.3 Å². The van der Waals surface area contributed by atoms with Gasteiger partial charge in [0, 0.05) is 15.7 Å². The van der Waals surface area contributed by atoms with E-state index in [1.807, 2.05) is 66.7 Å². The minimum Gasteiger partial charge on any atom is -0.493 e. The molecule has 1 amide bonds. The number of ether oxygens (including phenoxy) is 1. The average Bonchev–Trinajstić information content (AvgIpc) is 2.64. The quantitative estimate of drug-likeness (QED) is 0.535. The van der Waals surface area contributed by atoms with Crippen LogP contribution in [0.2, 0.25) is 0 Å². The summed E-state index contributed by atoms with van der Waals surface area (Å²) in [5.41, 5.74) is 2.68. The zero-order chi connectivity index (χ0) is 17.5. The molecule has 1 N–H and O–H groups in total. The van der Waals surface area contributed by atoms with Crippen molar-refractivity contribution < 1.29 is 9.53 Å². The summed E-state index contributed by atoms with van der Waals surface area (Å²) < 4.78 is 6.69. The molecule has 0 saturated heterocycles. The van der Waals surface area contributed by atoms with E-state index in [9.17, 15) is 4.79 Å². The molecule has 0 aliphatic rings. The molecule has 3 aromatic rings. The fourth-order valence-electron chi connectivity index (χ4n) is 2.41. The van der Waals surface area contributed by atoms with Crippen LogP contribution in [0.15, 0.2) is 78.9 Å². The van der Waals surface area contributed by atoms with Crippen LogP contribution in [0, 0.1) is 3.57 Å². The van der Waals surface area contributed by atoms with Gasteiger partial charge in [0.25, 0.3) is 5.91 Å². The number of halogens is 1. The lowest BCUT2D eigenvalue weighted by atomic mass is 10.2. The van der Waals surface area contributed by atoms with Crippen LogP contribution in [0.5, 0.6) is 5.75 Å². The Bertz CT molecular complexity index is 832. The Hall–Kier alpha value is -2.34. The smallest absolute Gasteiger partial charge is 0.256 e. The number of hydrogen-bond donors (Lipinski definition) is 1. The first-order valence-electron chi connectivity index (χ1n) is 8.05. The minimum absolute atomic E-state index is 0.109. The van der Waals surface area contributed by atoms with Gasteiger partial charge in [0.1, 0.15) is 5.75 Å². The highest BCUT2D eigenvalue weighted by Crippen LogP contribution is 2.18. The third-order valence-electron chi connectivity index (χ3n) is 3.73. The second-order valence-electron chi connectivity index (χ2n) is 5.54. The summed E-state index contributed by atoms with van der Waals surface area (Å²) in [7, 11) is 0. The number of rotatable bonds is 6. The van der Waals surface area contributed by atoms with Gasteiger partial charge >= 0.3 is 0 Å². The van der Waals surface area contributed by atoms with Crippen LogP contribution in [0.1, 0.15) is 15.9 Å². The first kappa shape index (κ1) is 17.5. The van der Waals surface area contributed by atoms with Gasteiger partial charge in [-0.1, -0.05) is 42.5 Å². The maximum atomic E-state index is 12.3. The van der Waals surface area contributed by atoms with E-state index >= 15 is 0 Å². The highest BCUT2D eigenvalue weighted by Gasteiger charge is 2.09. The van der Waals surface area contributed by atoms with Crippen molar-refractivity contribution in [3.8, 4) is 5.75 Å². The van der Waals surface area contributed by atoms with Gasteiger partial charge in [-0.25, -0.2) is 0 Å². The van der Waals surface area contributed by atoms with E-state index in [0.717, 1.165) is 21.4 Å². The summed E-state index contributed by atoms with van der Waals surface area (Å²) in [6, 6.07) is 25.2. The van der Waals surface area contributed by atoms with Gasteiger partial charge in [-0.15, -0.1) is 0 Å². The highest BCUT2D eigenvalue weighted by molar-refractivity contribution is 14.1. The van der Waals surface area contributed by atoms with E-state index in [-0.39, 0.29) is 5.91 Å². The molecule has 4 heteroatoms. The number of benzene rings is 3. The lowest BCUT2D eigenvalue weighted by molar-refractivity contribution is 0.102. The molecule has 126 valence electrons. The van der Waals surface area contributed by atoms with Gasteiger partial charge < -0.3 is 10.1 Å². The summed E-state index contributed by atoms with van der Waals surface area (Å²) in [6.45, 7) is 0.623. The van der Waals surface area contributed by atoms with Crippen molar-refractivity contribution in [3.63, 3.8) is 0 Å². The molecule has 0 spiro atoms. The molecular formula is C21H18INO2. The second kappa shape index (κ2) is 8.67. The number of hydrogen-bond acceptors (Lipinski definition) is 2. The van der Waals surface area contributed by atoms with Crippen molar-refractivity contribution in [2.24, 2.45) is 0 Å². The van der Waals surface area contributed by atoms with Crippen LogP contribution in [-0.4, -0.2) is 12.5 Å². The molecule has 0 heterocycles. The van der Waals surface area contributed by atoms with Gasteiger partial charge in [-0.05, 0) is 64.6 Å². The van der Waals surface area contributed by atoms with Gasteiger partial charge in [0.2, 0.25) is 0 Å². The van der Waals surface area contributed by atoms with E-state index in [0.29, 0.717) is 12.2 Å². The SMILES string of the molecule is O=C(Nc1ccc(OCCc2ccccc2)cc1)c1ccccc1I. The monoisotopic (exact) mass is 443 g/mol. The minimum atomic E-state index is -0.109. The van der Waals surface area contributed by atoms with E-state index in [1.165, 1.54) is 5.56 Å². The van der Waals surface area contributed by atoms with Crippen molar-refractivity contribution in [3.05, 3.63) is 93.6 Å². The number of carbonyl (C=O) groups excluding carboxylic acids is 1. The summed E-state index contributed by atoms with van der Waals surface area (Å²) in [5.74, 6) is 0.686. The average molecular weight is 443 g/mol. The Labute approximate surface area is 161 Å². The van der Waals surface area contributed by atoms with Crippen molar-refractivity contribution in [1.82, 2.24) is 0 Å². The molecule has 0 saturated carbocycles. The van der Waals surface area contributed by atoms with E-state index in [2.05, 4.69) is 40.0 Å². The molecule has 0 unspecified atom stereocenters. The molecule has 0 radical (unpaired) electrons. The van der Waals surface area contributed by atoms with E-state index < -0.39 is 0 Å². The van der Waals surface area contributed by atoms with Crippen molar-refractivity contribution >= 4 is 34.2 Å². The number of nitrogens with one attached hydrogen (secondary N) is 1. The zero-order valence-corrected chi connectivity index (χ0v) is 15.8. The predicted octanol–water partition coefficient (Wildman–Crippen LogP) is 5.17. The number of anilines is 1. The lowest BCUT2D eigenvalue weighted by Crippen LogP contribution is -2.13. The van der Waals surface area contributed by atoms with Crippen LogP contribution in [0.3, 0.4) is 0 Å². The predicted molar refractivity (Wildman–Crippen MR) is 109 cm³/mol. The fourth-order valence-corrected chi connectivity index (χ4v) is 3.04. The summed E-state index contributed by atoms with van der Waals surface area (Å²) in [4.78, 5) is 12.3. The van der Waals surface area contributed by atoms with Crippen molar-refractivity contribution in [2.45, 2.75) is 6.42 Å². The van der Waals surface area contributed by atoms with Crippen LogP contribution >= 0.6 is 22.6 Å². The van der Waals surface area contributed by atoms with Crippen LogP contribution in [0.25, 0.3) is 0 Å². The molecule has 0 bridgehead atoms. The normalized spacial score (nSPS) is 10.3. The van der Waals surface area contributed by atoms with Gasteiger partial charge in [0.15, 0.2) is 0 Å².